The molecular weight excluding hydrogens is 254 g/mol. The molecule has 0 unspecified atom stereocenters. The Morgan fingerprint density at radius 3 is 2.90 bits per heavy atom. The van der Waals surface area contributed by atoms with Crippen LogP contribution in [0.4, 0.5) is 5.69 Å². The zero-order valence-corrected chi connectivity index (χ0v) is 12.3. The number of hydrogen-bond acceptors (Lipinski definition) is 3. The number of guanidine groups is 1. The summed E-state index contributed by atoms with van der Waals surface area (Å²) in [6.07, 6.45) is 0.786. The number of aliphatic hydroxyl groups is 1. The lowest BCUT2D eigenvalue weighted by Gasteiger charge is -2.10. The third-order valence-corrected chi connectivity index (χ3v) is 2.79. The molecule has 0 aliphatic heterocycles. The van der Waals surface area contributed by atoms with Crippen molar-refractivity contribution in [2.45, 2.75) is 26.2 Å². The molecule has 0 atom stereocenters. The Morgan fingerprint density at radius 2 is 2.20 bits per heavy atom. The summed E-state index contributed by atoms with van der Waals surface area (Å²) in [7, 11) is 0. The number of benzene rings is 1. The van der Waals surface area contributed by atoms with Gasteiger partial charge in [0.1, 0.15) is 0 Å². The number of anilines is 1. The van der Waals surface area contributed by atoms with Crippen LogP contribution in [0.25, 0.3) is 0 Å². The summed E-state index contributed by atoms with van der Waals surface area (Å²) in [6, 6.07) is 8.16. The number of aliphatic hydroxyl groups excluding tert-OH is 1. The molecule has 0 aromatic heterocycles. The molecule has 0 amide bonds. The minimum absolute atomic E-state index is 0.0547. The molecular formula is C15H25N3O2. The van der Waals surface area contributed by atoms with Gasteiger partial charge in [-0.15, -0.1) is 0 Å². The van der Waals surface area contributed by atoms with Crippen molar-refractivity contribution in [3.63, 3.8) is 0 Å². The molecule has 0 fully saturated rings. The Labute approximate surface area is 120 Å². The first-order valence-corrected chi connectivity index (χ1v) is 6.99. The number of aliphatic imine (C=N–C) groups is 1. The molecule has 0 spiro atoms. The van der Waals surface area contributed by atoms with Crippen molar-refractivity contribution in [2.24, 2.45) is 10.7 Å². The molecule has 20 heavy (non-hydrogen) atoms. The lowest BCUT2D eigenvalue weighted by atomic mass is 10.0. The Bertz CT molecular complexity index is 419. The number of ether oxygens (including phenoxy) is 1. The topological polar surface area (TPSA) is 79.9 Å². The van der Waals surface area contributed by atoms with Gasteiger partial charge in [0.2, 0.25) is 0 Å². The SMILES string of the molecule is CC(C)c1cccc(NC(N)=NCCCOCCO)c1. The fourth-order valence-electron chi connectivity index (χ4n) is 1.70. The summed E-state index contributed by atoms with van der Waals surface area (Å²) in [6.45, 7) is 5.93. The van der Waals surface area contributed by atoms with E-state index in [4.69, 9.17) is 15.6 Å². The van der Waals surface area contributed by atoms with E-state index in [0.29, 0.717) is 31.6 Å². The first kappa shape index (κ1) is 16.5. The van der Waals surface area contributed by atoms with Crippen molar-refractivity contribution in [2.75, 3.05) is 31.7 Å². The predicted octanol–water partition coefficient (Wildman–Crippen LogP) is 1.94. The van der Waals surface area contributed by atoms with E-state index in [1.807, 2.05) is 12.1 Å². The van der Waals surface area contributed by atoms with E-state index in [1.165, 1.54) is 5.56 Å². The Kier molecular flexibility index (Phi) is 7.69. The van der Waals surface area contributed by atoms with E-state index in [9.17, 15) is 0 Å². The Hall–Kier alpha value is -1.59. The van der Waals surface area contributed by atoms with Crippen molar-refractivity contribution in [1.82, 2.24) is 0 Å². The summed E-state index contributed by atoms with van der Waals surface area (Å²) in [5, 5.41) is 11.6. The van der Waals surface area contributed by atoms with Gasteiger partial charge in [-0.25, -0.2) is 0 Å². The van der Waals surface area contributed by atoms with Crippen LogP contribution >= 0.6 is 0 Å². The van der Waals surface area contributed by atoms with Crippen LogP contribution in [-0.2, 0) is 4.74 Å². The lowest BCUT2D eigenvalue weighted by molar-refractivity contribution is 0.0918. The van der Waals surface area contributed by atoms with E-state index >= 15 is 0 Å². The molecule has 0 radical (unpaired) electrons. The molecule has 1 aromatic carbocycles. The average molecular weight is 279 g/mol. The van der Waals surface area contributed by atoms with Crippen LogP contribution in [0, 0.1) is 0 Å². The third kappa shape index (κ3) is 6.54. The summed E-state index contributed by atoms with van der Waals surface area (Å²) < 4.78 is 5.14. The van der Waals surface area contributed by atoms with Gasteiger partial charge in [0.25, 0.3) is 0 Å². The second-order valence-corrected chi connectivity index (χ2v) is 4.86. The van der Waals surface area contributed by atoms with Crippen LogP contribution in [0.3, 0.4) is 0 Å². The summed E-state index contributed by atoms with van der Waals surface area (Å²) >= 11 is 0. The second kappa shape index (κ2) is 9.34. The average Bonchev–Trinajstić information content (AvgIpc) is 2.43. The van der Waals surface area contributed by atoms with Crippen molar-refractivity contribution in [1.29, 1.82) is 0 Å². The summed E-state index contributed by atoms with van der Waals surface area (Å²) in [5.41, 5.74) is 8.05. The number of hydrogen-bond donors (Lipinski definition) is 3. The van der Waals surface area contributed by atoms with Gasteiger partial charge in [-0.3, -0.25) is 4.99 Å². The highest BCUT2D eigenvalue weighted by Gasteiger charge is 2.01. The van der Waals surface area contributed by atoms with Gasteiger partial charge in [0.15, 0.2) is 5.96 Å². The molecule has 4 N–H and O–H groups in total. The normalized spacial score (nSPS) is 11.9. The molecule has 1 aromatic rings. The van der Waals surface area contributed by atoms with E-state index in [2.05, 4.69) is 36.3 Å². The molecule has 0 heterocycles. The summed E-state index contributed by atoms with van der Waals surface area (Å²) in [5.74, 6) is 0.895. The van der Waals surface area contributed by atoms with Gasteiger partial charge < -0.3 is 20.9 Å². The number of rotatable bonds is 8. The highest BCUT2D eigenvalue weighted by molar-refractivity contribution is 5.92. The van der Waals surface area contributed by atoms with Gasteiger partial charge >= 0.3 is 0 Å². The first-order chi connectivity index (χ1) is 9.63. The molecule has 0 aliphatic rings. The maximum atomic E-state index is 8.55. The molecule has 0 bridgehead atoms. The van der Waals surface area contributed by atoms with E-state index in [1.54, 1.807) is 0 Å². The number of nitrogens with one attached hydrogen (secondary N) is 1. The molecule has 1 rings (SSSR count). The highest BCUT2D eigenvalue weighted by atomic mass is 16.5. The fraction of sp³-hybridized carbons (Fsp3) is 0.533. The number of nitrogens with zero attached hydrogens (tertiary/aromatic N) is 1. The maximum absolute atomic E-state index is 8.55. The van der Waals surface area contributed by atoms with E-state index in [-0.39, 0.29) is 6.61 Å². The quantitative estimate of drug-likeness (QED) is 0.386. The van der Waals surface area contributed by atoms with Gasteiger partial charge in [-0.05, 0) is 30.0 Å². The molecule has 112 valence electrons. The molecule has 0 aliphatic carbocycles. The smallest absolute Gasteiger partial charge is 0.193 e. The Morgan fingerprint density at radius 1 is 1.40 bits per heavy atom. The van der Waals surface area contributed by atoms with Crippen LogP contribution in [-0.4, -0.2) is 37.4 Å². The Balaban J connectivity index is 2.37. The van der Waals surface area contributed by atoms with Gasteiger partial charge in [0, 0.05) is 18.8 Å². The van der Waals surface area contributed by atoms with Gasteiger partial charge in [-0.2, -0.15) is 0 Å². The van der Waals surface area contributed by atoms with Crippen molar-refractivity contribution in [3.05, 3.63) is 29.8 Å². The van der Waals surface area contributed by atoms with Crippen molar-refractivity contribution in [3.8, 4) is 0 Å². The monoisotopic (exact) mass is 279 g/mol. The lowest BCUT2D eigenvalue weighted by Crippen LogP contribution is -2.23. The van der Waals surface area contributed by atoms with Crippen LogP contribution in [0.2, 0.25) is 0 Å². The maximum Gasteiger partial charge on any atom is 0.193 e. The zero-order chi connectivity index (χ0) is 14.8. The largest absolute Gasteiger partial charge is 0.394 e. The minimum atomic E-state index is 0.0547. The van der Waals surface area contributed by atoms with Gasteiger partial charge in [-0.1, -0.05) is 26.0 Å². The van der Waals surface area contributed by atoms with Crippen LogP contribution in [0.5, 0.6) is 0 Å². The minimum Gasteiger partial charge on any atom is -0.394 e. The number of nitrogens with two attached hydrogens (primary N) is 1. The highest BCUT2D eigenvalue weighted by Crippen LogP contribution is 2.18. The first-order valence-electron chi connectivity index (χ1n) is 6.99. The van der Waals surface area contributed by atoms with Crippen LogP contribution in [0.15, 0.2) is 29.3 Å². The standard InChI is InChI=1S/C15H25N3O2/c1-12(2)13-5-3-6-14(11-13)18-15(16)17-7-4-9-20-10-8-19/h3,5-6,11-12,19H,4,7-10H2,1-2H3,(H3,16,17,18). The predicted molar refractivity (Wildman–Crippen MR) is 83.2 cm³/mol. The van der Waals surface area contributed by atoms with Crippen molar-refractivity contribution >= 4 is 11.6 Å². The molecule has 5 nitrogen and oxygen atoms in total. The van der Waals surface area contributed by atoms with Gasteiger partial charge in [0.05, 0.1) is 13.2 Å². The molecule has 0 saturated carbocycles. The van der Waals surface area contributed by atoms with E-state index in [0.717, 1.165) is 12.1 Å². The van der Waals surface area contributed by atoms with Crippen molar-refractivity contribution < 1.29 is 9.84 Å². The second-order valence-electron chi connectivity index (χ2n) is 4.86. The molecule has 0 saturated heterocycles. The molecule has 5 heteroatoms. The van der Waals surface area contributed by atoms with E-state index < -0.39 is 0 Å². The third-order valence-electron chi connectivity index (χ3n) is 2.79. The van der Waals surface area contributed by atoms with Crippen LogP contribution < -0.4 is 11.1 Å². The summed E-state index contributed by atoms with van der Waals surface area (Å²) in [4.78, 5) is 4.23. The van der Waals surface area contributed by atoms with Crippen LogP contribution in [0.1, 0.15) is 31.7 Å². The zero-order valence-electron chi connectivity index (χ0n) is 12.3. The fourth-order valence-corrected chi connectivity index (χ4v) is 1.70.